The van der Waals surface area contributed by atoms with E-state index in [2.05, 4.69) is 5.32 Å². The van der Waals surface area contributed by atoms with Crippen LogP contribution in [-0.2, 0) is 11.2 Å². The largest absolute Gasteiger partial charge is 0.492 e. The predicted molar refractivity (Wildman–Crippen MR) is 111 cm³/mol. The van der Waals surface area contributed by atoms with Gasteiger partial charge in [0.1, 0.15) is 5.75 Å². The molecule has 0 atom stereocenters. The third kappa shape index (κ3) is 6.18. The highest BCUT2D eigenvalue weighted by Crippen LogP contribution is 2.27. The van der Waals surface area contributed by atoms with E-state index in [-0.39, 0.29) is 30.6 Å². The van der Waals surface area contributed by atoms with Crippen molar-refractivity contribution in [3.63, 3.8) is 0 Å². The lowest BCUT2D eigenvalue weighted by molar-refractivity contribution is -0.116. The number of nitrogen functional groups attached to an aromatic ring is 1. The quantitative estimate of drug-likeness (QED) is 0.709. The second kappa shape index (κ2) is 10.4. The van der Waals surface area contributed by atoms with Crippen LogP contribution in [0.3, 0.4) is 0 Å². The van der Waals surface area contributed by atoms with Gasteiger partial charge in [0.05, 0.1) is 12.3 Å². The normalized spacial score (nSPS) is 9.89. The Labute approximate surface area is 166 Å². The van der Waals surface area contributed by atoms with E-state index in [1.165, 1.54) is 4.90 Å². The number of anilines is 2. The van der Waals surface area contributed by atoms with Gasteiger partial charge in [-0.15, -0.1) is 12.4 Å². The Hall–Kier alpha value is -2.73. The summed E-state index contributed by atoms with van der Waals surface area (Å²) in [6, 6.07) is 12.5. The second-order valence-corrected chi connectivity index (χ2v) is 6.09. The Balaban J connectivity index is 0.00000364. The molecule has 0 aliphatic heterocycles. The van der Waals surface area contributed by atoms with Gasteiger partial charge in [-0.3, -0.25) is 9.59 Å². The molecule has 0 spiro atoms. The molecule has 3 N–H and O–H groups in total. The minimum Gasteiger partial charge on any atom is -0.492 e. The fraction of sp³-hybridized carbons (Fsp3) is 0.300. The number of carbonyl (C=O) groups is 2. The molecule has 2 amide bonds. The van der Waals surface area contributed by atoms with Crippen LogP contribution in [0.25, 0.3) is 0 Å². The van der Waals surface area contributed by atoms with Crippen LogP contribution in [0.4, 0.5) is 11.4 Å². The summed E-state index contributed by atoms with van der Waals surface area (Å²) in [5.41, 5.74) is 8.50. The summed E-state index contributed by atoms with van der Waals surface area (Å²) >= 11 is 0. The van der Waals surface area contributed by atoms with Crippen molar-refractivity contribution < 1.29 is 14.3 Å². The minimum atomic E-state index is -0.163. The van der Waals surface area contributed by atoms with E-state index in [4.69, 9.17) is 10.5 Å². The fourth-order valence-electron chi connectivity index (χ4n) is 2.52. The number of benzene rings is 2. The molecular weight excluding hydrogens is 366 g/mol. The second-order valence-electron chi connectivity index (χ2n) is 6.09. The number of para-hydroxylation sites is 1. The van der Waals surface area contributed by atoms with E-state index in [1.54, 1.807) is 32.3 Å². The van der Waals surface area contributed by atoms with E-state index in [1.807, 2.05) is 31.2 Å². The van der Waals surface area contributed by atoms with E-state index in [0.717, 1.165) is 5.56 Å². The highest BCUT2D eigenvalue weighted by atomic mass is 35.5. The number of hydrogen-bond acceptors (Lipinski definition) is 4. The van der Waals surface area contributed by atoms with Crippen LogP contribution in [0.1, 0.15) is 29.3 Å². The first-order valence-corrected chi connectivity index (χ1v) is 8.54. The minimum absolute atomic E-state index is 0. The highest BCUT2D eigenvalue weighted by Gasteiger charge is 2.14. The Morgan fingerprint density at radius 3 is 2.48 bits per heavy atom. The van der Waals surface area contributed by atoms with Gasteiger partial charge in [0.15, 0.2) is 0 Å². The van der Waals surface area contributed by atoms with Crippen molar-refractivity contribution in [2.45, 2.75) is 19.8 Å². The number of nitrogens with two attached hydrogens (primary N) is 1. The molecule has 7 heteroatoms. The topological polar surface area (TPSA) is 84.7 Å². The lowest BCUT2D eigenvalue weighted by atomic mass is 10.1. The molecule has 0 aliphatic carbocycles. The number of halogens is 1. The van der Waals surface area contributed by atoms with Gasteiger partial charge in [-0.1, -0.05) is 18.2 Å². The van der Waals surface area contributed by atoms with Crippen LogP contribution in [0.5, 0.6) is 5.75 Å². The first-order chi connectivity index (χ1) is 12.4. The molecule has 2 rings (SSSR count). The van der Waals surface area contributed by atoms with Crippen LogP contribution in [0.2, 0.25) is 0 Å². The Kier molecular flexibility index (Phi) is 8.62. The number of ether oxygens (including phenoxy) is 1. The van der Waals surface area contributed by atoms with Crippen molar-refractivity contribution >= 4 is 35.6 Å². The predicted octanol–water partition coefficient (Wildman–Crippen LogP) is 3.36. The monoisotopic (exact) mass is 391 g/mol. The van der Waals surface area contributed by atoms with Crippen molar-refractivity contribution in [2.75, 3.05) is 31.8 Å². The molecule has 0 bridgehead atoms. The highest BCUT2D eigenvalue weighted by molar-refractivity contribution is 5.98. The maximum atomic E-state index is 12.4. The molecule has 0 fully saturated rings. The van der Waals surface area contributed by atoms with Crippen LogP contribution in [0, 0.1) is 0 Å². The summed E-state index contributed by atoms with van der Waals surface area (Å²) in [4.78, 5) is 26.0. The molecule has 6 nitrogen and oxygen atoms in total. The molecule has 2 aromatic rings. The first-order valence-electron chi connectivity index (χ1n) is 8.54. The molecule has 0 heterocycles. The Bertz CT molecular complexity index is 794. The molecule has 0 radical (unpaired) electrons. The summed E-state index contributed by atoms with van der Waals surface area (Å²) in [6.45, 7) is 2.33. The lowest BCUT2D eigenvalue weighted by Gasteiger charge is -2.15. The smallest absolute Gasteiger partial charge is 0.253 e. The van der Waals surface area contributed by atoms with Gasteiger partial charge in [0.2, 0.25) is 5.91 Å². The van der Waals surface area contributed by atoms with Gasteiger partial charge in [0.25, 0.3) is 5.91 Å². The first kappa shape index (κ1) is 22.3. The molecule has 0 aliphatic rings. The fourth-order valence-corrected chi connectivity index (χ4v) is 2.52. The summed E-state index contributed by atoms with van der Waals surface area (Å²) in [6.07, 6.45) is 0.824. The van der Waals surface area contributed by atoms with Gasteiger partial charge < -0.3 is 20.7 Å². The summed E-state index contributed by atoms with van der Waals surface area (Å²) in [5, 5.41) is 2.84. The van der Waals surface area contributed by atoms with Gasteiger partial charge in [-0.05, 0) is 43.2 Å². The molecule has 0 aromatic heterocycles. The average Bonchev–Trinajstić information content (AvgIpc) is 2.62. The molecular formula is C20H26ClN3O3. The number of nitrogens with one attached hydrogen (secondary N) is 1. The molecule has 0 saturated heterocycles. The number of carbonyl (C=O) groups excluding carboxylic acids is 2. The maximum Gasteiger partial charge on any atom is 0.253 e. The lowest BCUT2D eigenvalue weighted by Crippen LogP contribution is -2.22. The number of amides is 2. The SMILES string of the molecule is CCOc1ccc(C(=O)N(C)C)cc1NC(=O)CCc1ccccc1N.Cl. The third-order valence-electron chi connectivity index (χ3n) is 3.88. The van der Waals surface area contributed by atoms with Crippen LogP contribution < -0.4 is 15.8 Å². The van der Waals surface area contributed by atoms with E-state index in [0.29, 0.717) is 35.7 Å². The Morgan fingerprint density at radius 2 is 1.85 bits per heavy atom. The van der Waals surface area contributed by atoms with Crippen molar-refractivity contribution in [1.29, 1.82) is 0 Å². The molecule has 27 heavy (non-hydrogen) atoms. The van der Waals surface area contributed by atoms with Crippen LogP contribution >= 0.6 is 12.4 Å². The van der Waals surface area contributed by atoms with Crippen LogP contribution in [-0.4, -0.2) is 37.4 Å². The molecule has 2 aromatic carbocycles. The summed E-state index contributed by atoms with van der Waals surface area (Å²) in [7, 11) is 3.36. The van der Waals surface area contributed by atoms with E-state index in [9.17, 15) is 9.59 Å². The molecule has 146 valence electrons. The zero-order chi connectivity index (χ0) is 19.1. The molecule has 0 unspecified atom stereocenters. The number of rotatable bonds is 7. The van der Waals surface area contributed by atoms with Crippen LogP contribution in [0.15, 0.2) is 42.5 Å². The number of aryl methyl sites for hydroxylation is 1. The van der Waals surface area contributed by atoms with E-state index >= 15 is 0 Å². The van der Waals surface area contributed by atoms with Crippen molar-refractivity contribution in [3.05, 3.63) is 53.6 Å². The summed E-state index contributed by atoms with van der Waals surface area (Å²) in [5.74, 6) is 0.236. The number of nitrogens with zero attached hydrogens (tertiary/aromatic N) is 1. The van der Waals surface area contributed by atoms with Crippen molar-refractivity contribution in [2.24, 2.45) is 0 Å². The third-order valence-corrected chi connectivity index (χ3v) is 3.88. The average molecular weight is 392 g/mol. The van der Waals surface area contributed by atoms with Gasteiger partial charge >= 0.3 is 0 Å². The zero-order valence-corrected chi connectivity index (χ0v) is 16.6. The van der Waals surface area contributed by atoms with Gasteiger partial charge in [-0.2, -0.15) is 0 Å². The van der Waals surface area contributed by atoms with Crippen molar-refractivity contribution in [3.8, 4) is 5.75 Å². The van der Waals surface area contributed by atoms with Crippen molar-refractivity contribution in [1.82, 2.24) is 4.90 Å². The van der Waals surface area contributed by atoms with Gasteiger partial charge in [0, 0.05) is 31.8 Å². The Morgan fingerprint density at radius 1 is 1.15 bits per heavy atom. The zero-order valence-electron chi connectivity index (χ0n) is 15.8. The van der Waals surface area contributed by atoms with E-state index < -0.39 is 0 Å². The number of hydrogen-bond donors (Lipinski definition) is 2. The van der Waals surface area contributed by atoms with Gasteiger partial charge in [-0.25, -0.2) is 0 Å². The maximum absolute atomic E-state index is 12.4. The molecule has 0 saturated carbocycles. The summed E-state index contributed by atoms with van der Waals surface area (Å²) < 4.78 is 5.56. The standard InChI is InChI=1S/C20H25N3O3.ClH/c1-4-26-18-11-9-15(20(25)23(2)3)13-17(18)22-19(24)12-10-14-7-5-6-8-16(14)21;/h5-9,11,13H,4,10,12,21H2,1-3H3,(H,22,24);1H.